The van der Waals surface area contributed by atoms with Crippen LogP contribution in [-0.2, 0) is 11.2 Å². The van der Waals surface area contributed by atoms with E-state index in [0.717, 1.165) is 37.8 Å². The largest absolute Gasteiger partial charge is 0.497 e. The van der Waals surface area contributed by atoms with Crippen LogP contribution in [0.15, 0.2) is 29.3 Å². The molecule has 0 saturated carbocycles. The molecule has 2 aliphatic rings. The van der Waals surface area contributed by atoms with Crippen LogP contribution in [0.3, 0.4) is 0 Å². The lowest BCUT2D eigenvalue weighted by Gasteiger charge is -2.26. The number of nitrogens with one attached hydrogen (secondary N) is 1. The molecule has 1 unspecified atom stereocenters. The highest BCUT2D eigenvalue weighted by atomic mass is 127. The Balaban J connectivity index is 0.00000320. The lowest BCUT2D eigenvalue weighted by Crippen LogP contribution is -2.44. The molecule has 0 radical (unpaired) electrons. The van der Waals surface area contributed by atoms with Crippen molar-refractivity contribution < 1.29 is 9.53 Å². The van der Waals surface area contributed by atoms with Crippen LogP contribution in [0.5, 0.6) is 5.75 Å². The summed E-state index contributed by atoms with van der Waals surface area (Å²) in [4.78, 5) is 23.2. The van der Waals surface area contributed by atoms with Crippen LogP contribution in [0.25, 0.3) is 0 Å². The van der Waals surface area contributed by atoms with Crippen LogP contribution in [0, 0.1) is 0 Å². The number of aliphatic imine (C=N–C) groups is 1. The molecule has 2 heterocycles. The van der Waals surface area contributed by atoms with Crippen LogP contribution in [0.1, 0.15) is 24.8 Å². The van der Waals surface area contributed by atoms with E-state index in [1.54, 1.807) is 26.1 Å². The molecule has 0 aromatic heterocycles. The molecule has 3 rings (SSSR count). The lowest BCUT2D eigenvalue weighted by molar-refractivity contribution is -0.127. The van der Waals surface area contributed by atoms with Crippen molar-refractivity contribution in [2.75, 3.05) is 60.5 Å². The Morgan fingerprint density at radius 1 is 1.20 bits per heavy atom. The minimum Gasteiger partial charge on any atom is -0.497 e. The summed E-state index contributed by atoms with van der Waals surface area (Å²) >= 11 is 0. The number of hydrogen-bond donors (Lipinski definition) is 1. The molecule has 2 aliphatic heterocycles. The highest BCUT2D eigenvalue weighted by molar-refractivity contribution is 14.0. The Bertz CT molecular complexity index is 689. The summed E-state index contributed by atoms with van der Waals surface area (Å²) in [5.74, 6) is 1.75. The van der Waals surface area contributed by atoms with E-state index >= 15 is 0 Å². The quantitative estimate of drug-likeness (QED) is 0.333. The zero-order valence-corrected chi connectivity index (χ0v) is 20.8. The third kappa shape index (κ3) is 7.01. The van der Waals surface area contributed by atoms with E-state index in [0.29, 0.717) is 6.04 Å². The van der Waals surface area contributed by atoms with Gasteiger partial charge in [0.1, 0.15) is 12.3 Å². The van der Waals surface area contributed by atoms with Gasteiger partial charge in [0, 0.05) is 39.8 Å². The van der Waals surface area contributed by atoms with Gasteiger partial charge in [-0.3, -0.25) is 9.69 Å². The van der Waals surface area contributed by atoms with E-state index in [4.69, 9.17) is 4.74 Å². The van der Waals surface area contributed by atoms with Crippen LogP contribution < -0.4 is 10.1 Å². The van der Waals surface area contributed by atoms with Crippen LogP contribution in [-0.4, -0.2) is 93.1 Å². The van der Waals surface area contributed by atoms with Crippen molar-refractivity contribution in [1.29, 1.82) is 0 Å². The maximum absolute atomic E-state index is 12.0. The van der Waals surface area contributed by atoms with E-state index in [1.165, 1.54) is 37.9 Å². The van der Waals surface area contributed by atoms with Gasteiger partial charge in [-0.1, -0.05) is 12.1 Å². The average molecular weight is 529 g/mol. The number of likely N-dealkylation sites (N-methyl/N-ethyl adjacent to an activating group) is 1. The average Bonchev–Trinajstić information content (AvgIpc) is 3.42. The number of likely N-dealkylation sites (tertiary alicyclic amines) is 2. The molecule has 8 heteroatoms. The number of hydrogen-bond acceptors (Lipinski definition) is 4. The summed E-state index contributed by atoms with van der Waals surface area (Å²) in [5, 5.41) is 3.50. The van der Waals surface area contributed by atoms with Crippen molar-refractivity contribution >= 4 is 35.8 Å². The summed E-state index contributed by atoms with van der Waals surface area (Å²) in [5.41, 5.74) is 1.25. The third-order valence-corrected chi connectivity index (χ3v) is 5.84. The number of amides is 1. The van der Waals surface area contributed by atoms with E-state index in [-0.39, 0.29) is 36.4 Å². The van der Waals surface area contributed by atoms with Gasteiger partial charge in [-0.25, -0.2) is 4.99 Å². The third-order valence-electron chi connectivity index (χ3n) is 5.84. The summed E-state index contributed by atoms with van der Waals surface area (Å²) in [7, 11) is 5.22. The summed E-state index contributed by atoms with van der Waals surface area (Å²) in [6.07, 6.45) is 4.69. The maximum atomic E-state index is 12.0. The van der Waals surface area contributed by atoms with Gasteiger partial charge < -0.3 is 19.9 Å². The number of ether oxygens (including phenoxy) is 1. The fourth-order valence-electron chi connectivity index (χ4n) is 4.00. The first-order chi connectivity index (χ1) is 14.1. The molecule has 7 nitrogen and oxygen atoms in total. The van der Waals surface area contributed by atoms with Gasteiger partial charge in [-0.15, -0.1) is 24.0 Å². The first-order valence-electron chi connectivity index (χ1n) is 10.7. The van der Waals surface area contributed by atoms with E-state index in [1.807, 2.05) is 12.1 Å². The number of rotatable bonds is 7. The zero-order valence-electron chi connectivity index (χ0n) is 18.5. The van der Waals surface area contributed by atoms with Crippen molar-refractivity contribution in [3.8, 4) is 5.75 Å². The van der Waals surface area contributed by atoms with Crippen LogP contribution in [0.2, 0.25) is 0 Å². The van der Waals surface area contributed by atoms with Crippen LogP contribution >= 0.6 is 24.0 Å². The Hall–Kier alpha value is -1.55. The standard InChI is InChI=1S/C22H35N5O2.HI/c1-25(2)21(28)16-24-22(23-12-10-18-6-8-20(29-3)9-7-18)27-15-11-19(17-27)26-13-4-5-14-26;/h6-9,19H,4-5,10-17H2,1-3H3,(H,23,24);1H. The summed E-state index contributed by atoms with van der Waals surface area (Å²) < 4.78 is 5.22. The van der Waals surface area contributed by atoms with Crippen LogP contribution in [0.4, 0.5) is 0 Å². The second-order valence-corrected chi connectivity index (χ2v) is 8.08. The van der Waals surface area contributed by atoms with Crippen molar-refractivity contribution in [3.05, 3.63) is 29.8 Å². The van der Waals surface area contributed by atoms with E-state index < -0.39 is 0 Å². The molecule has 1 amide bonds. The number of nitrogens with zero attached hydrogens (tertiary/aromatic N) is 4. The Morgan fingerprint density at radius 3 is 2.53 bits per heavy atom. The molecule has 0 aliphatic carbocycles. The second kappa shape index (κ2) is 12.3. The smallest absolute Gasteiger partial charge is 0.243 e. The first kappa shape index (κ1) is 24.7. The van der Waals surface area contributed by atoms with Gasteiger partial charge in [-0.2, -0.15) is 0 Å². The topological polar surface area (TPSA) is 60.4 Å². The number of methoxy groups -OCH3 is 1. The minimum atomic E-state index is 0. The molecule has 1 aromatic rings. The number of guanidine groups is 1. The molecule has 30 heavy (non-hydrogen) atoms. The SMILES string of the molecule is COc1ccc(CCNC(=NCC(=O)N(C)C)N2CCC(N3CCCC3)C2)cc1.I. The van der Waals surface area contributed by atoms with Crippen molar-refractivity contribution in [2.45, 2.75) is 31.7 Å². The minimum absolute atomic E-state index is 0. The fraction of sp³-hybridized carbons (Fsp3) is 0.636. The van der Waals surface area contributed by atoms with E-state index in [9.17, 15) is 4.79 Å². The van der Waals surface area contributed by atoms with Gasteiger partial charge in [-0.05, 0) is 56.5 Å². The Morgan fingerprint density at radius 2 is 1.90 bits per heavy atom. The number of carbonyl (C=O) groups excluding carboxylic acids is 1. The molecule has 2 fully saturated rings. The normalized spacial score (nSPS) is 19.5. The molecule has 2 saturated heterocycles. The summed E-state index contributed by atoms with van der Waals surface area (Å²) in [6, 6.07) is 8.76. The van der Waals surface area contributed by atoms with Crippen molar-refractivity contribution in [3.63, 3.8) is 0 Å². The highest BCUT2D eigenvalue weighted by Crippen LogP contribution is 2.20. The Labute approximate surface area is 197 Å². The molecule has 1 N–H and O–H groups in total. The number of carbonyl (C=O) groups is 1. The molecule has 168 valence electrons. The zero-order chi connectivity index (χ0) is 20.6. The second-order valence-electron chi connectivity index (χ2n) is 8.08. The molecule has 1 aromatic carbocycles. The predicted molar refractivity (Wildman–Crippen MR) is 132 cm³/mol. The van der Waals surface area contributed by atoms with Gasteiger partial charge in [0.2, 0.25) is 5.91 Å². The predicted octanol–water partition coefficient (Wildman–Crippen LogP) is 2.06. The molecule has 1 atom stereocenters. The van der Waals surface area contributed by atoms with Crippen molar-refractivity contribution in [1.82, 2.24) is 20.0 Å². The van der Waals surface area contributed by atoms with Crippen molar-refractivity contribution in [2.24, 2.45) is 4.99 Å². The monoisotopic (exact) mass is 529 g/mol. The van der Waals surface area contributed by atoms with Gasteiger partial charge >= 0.3 is 0 Å². The van der Waals surface area contributed by atoms with Gasteiger partial charge in [0.05, 0.1) is 7.11 Å². The Kier molecular flexibility index (Phi) is 10.2. The summed E-state index contributed by atoms with van der Waals surface area (Å²) in [6.45, 7) is 5.38. The lowest BCUT2D eigenvalue weighted by atomic mass is 10.1. The number of benzene rings is 1. The van der Waals surface area contributed by atoms with E-state index in [2.05, 4.69) is 32.2 Å². The molecular weight excluding hydrogens is 493 g/mol. The first-order valence-corrected chi connectivity index (χ1v) is 10.7. The fourth-order valence-corrected chi connectivity index (χ4v) is 4.00. The van der Waals surface area contributed by atoms with Gasteiger partial charge in [0.25, 0.3) is 0 Å². The molecule has 0 bridgehead atoms. The maximum Gasteiger partial charge on any atom is 0.243 e. The van der Waals surface area contributed by atoms with Gasteiger partial charge in [0.15, 0.2) is 5.96 Å². The number of halogens is 1. The molecular formula is C22H36IN5O2. The highest BCUT2D eigenvalue weighted by Gasteiger charge is 2.30. The molecule has 0 spiro atoms.